The summed E-state index contributed by atoms with van der Waals surface area (Å²) in [4.78, 5) is 35.5. The number of benzene rings is 1. The maximum atomic E-state index is 12.1. The van der Waals surface area contributed by atoms with E-state index >= 15 is 0 Å². The van der Waals surface area contributed by atoms with Crippen LogP contribution in [-0.4, -0.2) is 44.0 Å². The Balaban J connectivity index is 2.60. The van der Waals surface area contributed by atoms with Crippen molar-refractivity contribution in [3.63, 3.8) is 0 Å². The third-order valence-corrected chi connectivity index (χ3v) is 3.64. The molecule has 1 amide bonds. The van der Waals surface area contributed by atoms with Crippen LogP contribution in [0.5, 0.6) is 5.75 Å². The molecule has 0 heterocycles. The molecule has 0 saturated carbocycles. The highest BCUT2D eigenvalue weighted by molar-refractivity contribution is 5.92. The van der Waals surface area contributed by atoms with Crippen LogP contribution >= 0.6 is 0 Å². The average molecular weight is 391 g/mol. The number of carbonyl (C=O) groups excluding carboxylic acids is 3. The Morgan fingerprint density at radius 3 is 2.22 bits per heavy atom. The topological polar surface area (TPSA) is 90.9 Å². The smallest absolute Gasteiger partial charge is 0.467 e. The lowest BCUT2D eigenvalue weighted by atomic mass is 9.99. The Hall–Kier alpha value is -2.78. The second-order valence-corrected chi connectivity index (χ2v) is 5.60. The minimum absolute atomic E-state index is 0.0660. The molecule has 7 nitrogen and oxygen atoms in total. The van der Waals surface area contributed by atoms with E-state index in [0.717, 1.165) is 24.3 Å². The molecular weight excluding hydrogens is 371 g/mol. The number of methoxy groups -OCH3 is 1. The summed E-state index contributed by atoms with van der Waals surface area (Å²) >= 11 is 0. The van der Waals surface area contributed by atoms with E-state index in [1.54, 1.807) is 6.92 Å². The summed E-state index contributed by atoms with van der Waals surface area (Å²) in [6.07, 6.45) is -4.24. The van der Waals surface area contributed by atoms with Gasteiger partial charge in [-0.05, 0) is 30.2 Å². The second kappa shape index (κ2) is 9.79. The van der Waals surface area contributed by atoms with Crippen molar-refractivity contribution in [2.24, 2.45) is 5.92 Å². The van der Waals surface area contributed by atoms with Crippen molar-refractivity contribution in [1.29, 1.82) is 0 Å². The van der Waals surface area contributed by atoms with Crippen LogP contribution in [0.1, 0.15) is 30.6 Å². The van der Waals surface area contributed by atoms with Gasteiger partial charge >= 0.3 is 18.3 Å². The molecule has 0 spiro atoms. The maximum absolute atomic E-state index is 12.1. The van der Waals surface area contributed by atoms with Crippen LogP contribution in [0.25, 0.3) is 0 Å². The number of carbonyl (C=O) groups is 3. The number of halogens is 3. The summed E-state index contributed by atoms with van der Waals surface area (Å²) in [5.74, 6) is -2.94. The fourth-order valence-corrected chi connectivity index (χ4v) is 2.02. The molecule has 2 atom stereocenters. The van der Waals surface area contributed by atoms with Crippen LogP contribution in [0.15, 0.2) is 24.3 Å². The van der Waals surface area contributed by atoms with E-state index in [4.69, 9.17) is 4.74 Å². The van der Waals surface area contributed by atoms with Gasteiger partial charge in [0.2, 0.25) is 0 Å². The summed E-state index contributed by atoms with van der Waals surface area (Å²) in [5, 5.41) is 2.42. The Kier molecular flexibility index (Phi) is 8.07. The third-order valence-electron chi connectivity index (χ3n) is 3.64. The van der Waals surface area contributed by atoms with Gasteiger partial charge in [0.25, 0.3) is 5.91 Å². The molecule has 27 heavy (non-hydrogen) atoms. The lowest BCUT2D eigenvalue weighted by molar-refractivity contribution is -0.274. The molecule has 1 N–H and O–H groups in total. The van der Waals surface area contributed by atoms with E-state index in [9.17, 15) is 27.6 Å². The molecule has 1 aromatic rings. The molecule has 150 valence electrons. The normalized spacial score (nSPS) is 13.3. The van der Waals surface area contributed by atoms with Crippen molar-refractivity contribution in [3.8, 4) is 5.75 Å². The van der Waals surface area contributed by atoms with Crippen LogP contribution in [0.2, 0.25) is 0 Å². The highest BCUT2D eigenvalue weighted by Gasteiger charge is 2.31. The number of esters is 2. The first-order valence-electron chi connectivity index (χ1n) is 7.97. The molecular formula is C17H20F3NO6. The van der Waals surface area contributed by atoms with Crippen molar-refractivity contribution >= 4 is 17.8 Å². The molecule has 0 unspecified atom stereocenters. The zero-order chi connectivity index (χ0) is 20.6. The molecule has 0 aromatic heterocycles. The highest BCUT2D eigenvalue weighted by atomic mass is 19.4. The van der Waals surface area contributed by atoms with Gasteiger partial charge in [0, 0.05) is 0 Å². The number of nitrogens with one attached hydrogen (secondary N) is 1. The predicted octanol–water partition coefficient (Wildman–Crippen LogP) is 2.45. The highest BCUT2D eigenvalue weighted by Crippen LogP contribution is 2.22. The van der Waals surface area contributed by atoms with Gasteiger partial charge in [-0.2, -0.15) is 0 Å². The molecule has 1 aromatic carbocycles. The number of hydrogen-bond donors (Lipinski definition) is 1. The number of ether oxygens (including phenoxy) is 3. The number of hydrogen-bond acceptors (Lipinski definition) is 6. The summed E-state index contributed by atoms with van der Waals surface area (Å²) in [5.41, 5.74) is -0.0660. The van der Waals surface area contributed by atoms with Crippen molar-refractivity contribution in [3.05, 3.63) is 29.8 Å². The number of amides is 1. The van der Waals surface area contributed by atoms with Crippen molar-refractivity contribution in [2.45, 2.75) is 32.7 Å². The second-order valence-electron chi connectivity index (χ2n) is 5.60. The molecule has 1 rings (SSSR count). The van der Waals surface area contributed by atoms with E-state index in [2.05, 4.69) is 14.8 Å². The molecule has 0 aliphatic rings. The first-order chi connectivity index (χ1) is 12.6. The van der Waals surface area contributed by atoms with Crippen LogP contribution in [0, 0.1) is 5.92 Å². The van der Waals surface area contributed by atoms with Gasteiger partial charge in [-0.1, -0.05) is 20.3 Å². The molecule has 0 aliphatic heterocycles. The first kappa shape index (κ1) is 22.3. The quantitative estimate of drug-likeness (QED) is 0.685. The lowest BCUT2D eigenvalue weighted by Crippen LogP contribution is -2.47. The maximum Gasteiger partial charge on any atom is 0.573 e. The number of alkyl halides is 3. The van der Waals surface area contributed by atoms with Crippen molar-refractivity contribution in [2.75, 3.05) is 13.7 Å². The van der Waals surface area contributed by atoms with Gasteiger partial charge < -0.3 is 19.5 Å². The van der Waals surface area contributed by atoms with Gasteiger partial charge in [0.15, 0.2) is 6.61 Å². The van der Waals surface area contributed by atoms with E-state index < -0.39 is 42.6 Å². The van der Waals surface area contributed by atoms with Gasteiger partial charge in [-0.25, -0.2) is 9.59 Å². The van der Waals surface area contributed by atoms with Gasteiger partial charge in [-0.15, -0.1) is 13.2 Å². The largest absolute Gasteiger partial charge is 0.573 e. The van der Waals surface area contributed by atoms with E-state index in [-0.39, 0.29) is 11.5 Å². The standard InChI is InChI=1S/C17H20F3NO6/c1-4-10(2)14(16(24)25-3)21-13(22)9-26-15(23)11-5-7-12(8-6-11)27-17(18,19)20/h5-8,10,14H,4,9H2,1-3H3,(H,21,22)/t10-,14-/m1/s1. The van der Waals surface area contributed by atoms with Crippen LogP contribution in [-0.2, 0) is 19.1 Å². The van der Waals surface area contributed by atoms with Gasteiger partial charge in [0.1, 0.15) is 11.8 Å². The van der Waals surface area contributed by atoms with E-state index in [0.29, 0.717) is 6.42 Å². The predicted molar refractivity (Wildman–Crippen MR) is 86.8 cm³/mol. The third kappa shape index (κ3) is 7.55. The Bertz CT molecular complexity index is 660. The molecule has 0 saturated heterocycles. The average Bonchev–Trinajstić information content (AvgIpc) is 2.62. The van der Waals surface area contributed by atoms with E-state index in [1.165, 1.54) is 7.11 Å². The molecule has 0 fully saturated rings. The summed E-state index contributed by atoms with van der Waals surface area (Å²) < 4.78 is 49.4. The Labute approximate surface area is 153 Å². The number of rotatable bonds is 8. The Morgan fingerprint density at radius 1 is 1.15 bits per heavy atom. The van der Waals surface area contributed by atoms with Gasteiger partial charge in [0.05, 0.1) is 12.7 Å². The Morgan fingerprint density at radius 2 is 1.74 bits per heavy atom. The fourth-order valence-electron chi connectivity index (χ4n) is 2.02. The van der Waals surface area contributed by atoms with Crippen LogP contribution in [0.3, 0.4) is 0 Å². The molecule has 0 radical (unpaired) electrons. The minimum Gasteiger partial charge on any atom is -0.467 e. The van der Waals surface area contributed by atoms with E-state index in [1.807, 2.05) is 6.92 Å². The van der Waals surface area contributed by atoms with Gasteiger partial charge in [-0.3, -0.25) is 4.79 Å². The lowest BCUT2D eigenvalue weighted by Gasteiger charge is -2.21. The minimum atomic E-state index is -4.84. The fraction of sp³-hybridized carbons (Fsp3) is 0.471. The molecule has 10 heteroatoms. The van der Waals surface area contributed by atoms with Crippen molar-refractivity contribution in [1.82, 2.24) is 5.32 Å². The summed E-state index contributed by atoms with van der Waals surface area (Å²) in [7, 11) is 1.19. The zero-order valence-electron chi connectivity index (χ0n) is 15.0. The van der Waals surface area contributed by atoms with Crippen molar-refractivity contribution < 1.29 is 41.8 Å². The van der Waals surface area contributed by atoms with Crippen LogP contribution in [0.4, 0.5) is 13.2 Å². The zero-order valence-corrected chi connectivity index (χ0v) is 15.0. The first-order valence-corrected chi connectivity index (χ1v) is 7.97. The SMILES string of the molecule is CC[C@@H](C)[C@@H](NC(=O)COC(=O)c1ccc(OC(F)(F)F)cc1)C(=O)OC. The van der Waals surface area contributed by atoms with Crippen LogP contribution < -0.4 is 10.1 Å². The summed E-state index contributed by atoms with van der Waals surface area (Å²) in [6, 6.07) is 3.14. The molecule has 0 aliphatic carbocycles. The molecule has 0 bridgehead atoms. The monoisotopic (exact) mass is 391 g/mol. The summed E-state index contributed by atoms with van der Waals surface area (Å²) in [6.45, 7) is 2.92.